The predicted molar refractivity (Wildman–Crippen MR) is 107 cm³/mol. The van der Waals surface area contributed by atoms with E-state index in [2.05, 4.69) is 5.32 Å². The number of para-hydroxylation sites is 1. The molecule has 0 aromatic heterocycles. The van der Waals surface area contributed by atoms with Gasteiger partial charge in [-0.15, -0.1) is 0 Å². The Kier molecular flexibility index (Phi) is 6.07. The third kappa shape index (κ3) is 4.04. The average molecular weight is 375 g/mol. The lowest BCUT2D eigenvalue weighted by Gasteiger charge is -2.14. The standard InChI is InChI=1S/C23H21NO4/c1-27-20-14-8-11-17(22(20)28-2)15-24-23(26)19-13-7-6-12-18(19)21(25)16-9-4-3-5-10-16/h3-14H,15H2,1-2H3,(H,24,26). The zero-order chi connectivity index (χ0) is 19.9. The number of nitrogens with one attached hydrogen (secondary N) is 1. The van der Waals surface area contributed by atoms with Gasteiger partial charge in [0.1, 0.15) is 0 Å². The van der Waals surface area contributed by atoms with E-state index in [9.17, 15) is 9.59 Å². The van der Waals surface area contributed by atoms with Gasteiger partial charge in [-0.25, -0.2) is 0 Å². The Hall–Kier alpha value is -3.60. The second-order valence-corrected chi connectivity index (χ2v) is 6.08. The first-order valence-corrected chi connectivity index (χ1v) is 8.82. The van der Waals surface area contributed by atoms with Crippen molar-refractivity contribution in [2.45, 2.75) is 6.54 Å². The number of rotatable bonds is 7. The SMILES string of the molecule is COc1cccc(CNC(=O)c2ccccc2C(=O)c2ccccc2)c1OC. The van der Waals surface area contributed by atoms with Crippen LogP contribution in [0, 0.1) is 0 Å². The summed E-state index contributed by atoms with van der Waals surface area (Å²) < 4.78 is 10.7. The van der Waals surface area contributed by atoms with Crippen LogP contribution in [-0.2, 0) is 6.54 Å². The third-order valence-corrected chi connectivity index (χ3v) is 4.38. The molecule has 0 radical (unpaired) electrons. The van der Waals surface area contributed by atoms with Crippen molar-refractivity contribution in [1.29, 1.82) is 0 Å². The van der Waals surface area contributed by atoms with E-state index < -0.39 is 0 Å². The van der Waals surface area contributed by atoms with E-state index in [1.54, 1.807) is 68.8 Å². The van der Waals surface area contributed by atoms with Gasteiger partial charge in [0, 0.05) is 23.2 Å². The Morgan fingerprint density at radius 2 is 1.46 bits per heavy atom. The van der Waals surface area contributed by atoms with Gasteiger partial charge in [0.25, 0.3) is 5.91 Å². The zero-order valence-electron chi connectivity index (χ0n) is 15.8. The van der Waals surface area contributed by atoms with E-state index in [-0.39, 0.29) is 18.2 Å². The first-order valence-electron chi connectivity index (χ1n) is 8.82. The molecular weight excluding hydrogens is 354 g/mol. The minimum atomic E-state index is -0.329. The third-order valence-electron chi connectivity index (χ3n) is 4.38. The monoisotopic (exact) mass is 375 g/mol. The molecule has 0 unspecified atom stereocenters. The minimum Gasteiger partial charge on any atom is -0.493 e. The second-order valence-electron chi connectivity index (χ2n) is 6.08. The average Bonchev–Trinajstić information content (AvgIpc) is 2.77. The Labute approximate surface area is 163 Å². The molecule has 3 rings (SSSR count). The fourth-order valence-electron chi connectivity index (χ4n) is 2.99. The van der Waals surface area contributed by atoms with Crippen molar-refractivity contribution in [2.24, 2.45) is 0 Å². The predicted octanol–water partition coefficient (Wildman–Crippen LogP) is 3.86. The number of carbonyl (C=O) groups excluding carboxylic acids is 2. The molecule has 5 nitrogen and oxygen atoms in total. The number of benzene rings is 3. The van der Waals surface area contributed by atoms with Crippen LogP contribution in [0.5, 0.6) is 11.5 Å². The fraction of sp³-hybridized carbons (Fsp3) is 0.130. The molecule has 0 aliphatic heterocycles. The van der Waals surface area contributed by atoms with Gasteiger partial charge in [-0.2, -0.15) is 0 Å². The molecule has 0 aliphatic carbocycles. The summed E-state index contributed by atoms with van der Waals surface area (Å²) in [5, 5.41) is 2.86. The van der Waals surface area contributed by atoms with E-state index >= 15 is 0 Å². The maximum absolute atomic E-state index is 12.8. The van der Waals surface area contributed by atoms with Crippen molar-refractivity contribution in [2.75, 3.05) is 14.2 Å². The van der Waals surface area contributed by atoms with Gasteiger partial charge in [0.2, 0.25) is 0 Å². The quantitative estimate of drug-likeness (QED) is 0.637. The van der Waals surface area contributed by atoms with Gasteiger partial charge in [-0.1, -0.05) is 60.7 Å². The topological polar surface area (TPSA) is 64.6 Å². The number of ether oxygens (including phenoxy) is 2. The van der Waals surface area contributed by atoms with E-state index in [0.717, 1.165) is 5.56 Å². The van der Waals surface area contributed by atoms with Crippen LogP contribution in [0.25, 0.3) is 0 Å². The number of carbonyl (C=O) groups is 2. The first-order chi connectivity index (χ1) is 13.7. The molecule has 3 aromatic carbocycles. The van der Waals surface area contributed by atoms with Gasteiger partial charge in [-0.3, -0.25) is 9.59 Å². The van der Waals surface area contributed by atoms with E-state index in [0.29, 0.717) is 28.2 Å². The van der Waals surface area contributed by atoms with Crippen LogP contribution in [-0.4, -0.2) is 25.9 Å². The Bertz CT molecular complexity index is 983. The van der Waals surface area contributed by atoms with Crippen molar-refractivity contribution >= 4 is 11.7 Å². The molecule has 5 heteroatoms. The van der Waals surface area contributed by atoms with Gasteiger partial charge in [-0.05, 0) is 12.1 Å². The lowest BCUT2D eigenvalue weighted by molar-refractivity contribution is 0.0939. The van der Waals surface area contributed by atoms with Crippen molar-refractivity contribution in [1.82, 2.24) is 5.32 Å². The molecule has 0 spiro atoms. The van der Waals surface area contributed by atoms with Gasteiger partial charge < -0.3 is 14.8 Å². The summed E-state index contributed by atoms with van der Waals surface area (Å²) in [7, 11) is 3.11. The molecule has 0 heterocycles. The molecule has 0 saturated heterocycles. The van der Waals surface area contributed by atoms with Crippen molar-refractivity contribution in [3.8, 4) is 11.5 Å². The largest absolute Gasteiger partial charge is 0.493 e. The minimum absolute atomic E-state index is 0.190. The van der Waals surface area contributed by atoms with Crippen molar-refractivity contribution in [3.05, 3.63) is 95.1 Å². The lowest BCUT2D eigenvalue weighted by atomic mass is 9.98. The Balaban J connectivity index is 1.82. The number of hydrogen-bond donors (Lipinski definition) is 1. The van der Waals surface area contributed by atoms with Gasteiger partial charge >= 0.3 is 0 Å². The smallest absolute Gasteiger partial charge is 0.252 e. The van der Waals surface area contributed by atoms with E-state index in [1.165, 1.54) is 0 Å². The summed E-state index contributed by atoms with van der Waals surface area (Å²) in [6, 6.07) is 21.2. The van der Waals surface area contributed by atoms with Crippen LogP contribution in [0.1, 0.15) is 31.8 Å². The van der Waals surface area contributed by atoms with Crippen molar-refractivity contribution < 1.29 is 19.1 Å². The zero-order valence-corrected chi connectivity index (χ0v) is 15.8. The highest BCUT2D eigenvalue weighted by Gasteiger charge is 2.18. The molecule has 0 aliphatic rings. The van der Waals surface area contributed by atoms with Crippen LogP contribution >= 0.6 is 0 Å². The Morgan fingerprint density at radius 3 is 2.14 bits per heavy atom. The molecule has 0 saturated carbocycles. The molecule has 142 valence electrons. The highest BCUT2D eigenvalue weighted by molar-refractivity contribution is 6.15. The maximum atomic E-state index is 12.8. The lowest BCUT2D eigenvalue weighted by Crippen LogP contribution is -2.25. The number of ketones is 1. The summed E-state index contributed by atoms with van der Waals surface area (Å²) >= 11 is 0. The van der Waals surface area contributed by atoms with Gasteiger partial charge in [0.05, 0.1) is 19.8 Å². The molecular formula is C23H21NO4. The maximum Gasteiger partial charge on any atom is 0.252 e. The van der Waals surface area contributed by atoms with Gasteiger partial charge in [0.15, 0.2) is 17.3 Å². The number of hydrogen-bond acceptors (Lipinski definition) is 4. The van der Waals surface area contributed by atoms with Crippen LogP contribution in [0.4, 0.5) is 0 Å². The highest BCUT2D eigenvalue weighted by atomic mass is 16.5. The summed E-state index contributed by atoms with van der Waals surface area (Å²) in [6.07, 6.45) is 0. The normalized spacial score (nSPS) is 10.2. The molecule has 0 bridgehead atoms. The summed E-state index contributed by atoms with van der Waals surface area (Å²) in [4.78, 5) is 25.6. The molecule has 3 aromatic rings. The second kappa shape index (κ2) is 8.86. The van der Waals surface area contributed by atoms with Crippen LogP contribution in [0.15, 0.2) is 72.8 Å². The molecule has 0 fully saturated rings. The summed E-state index contributed by atoms with van der Waals surface area (Å²) in [5.74, 6) is 0.642. The molecule has 1 amide bonds. The summed E-state index contributed by atoms with van der Waals surface area (Å²) in [5.41, 5.74) is 2.02. The molecule has 1 N–H and O–H groups in total. The first kappa shape index (κ1) is 19.2. The van der Waals surface area contributed by atoms with Crippen LogP contribution in [0.3, 0.4) is 0 Å². The van der Waals surface area contributed by atoms with Crippen LogP contribution < -0.4 is 14.8 Å². The number of methoxy groups -OCH3 is 2. The Morgan fingerprint density at radius 1 is 0.786 bits per heavy atom. The van der Waals surface area contributed by atoms with E-state index in [1.807, 2.05) is 18.2 Å². The van der Waals surface area contributed by atoms with Crippen molar-refractivity contribution in [3.63, 3.8) is 0 Å². The highest BCUT2D eigenvalue weighted by Crippen LogP contribution is 2.30. The molecule has 0 atom stereocenters. The fourth-order valence-corrected chi connectivity index (χ4v) is 2.99. The van der Waals surface area contributed by atoms with E-state index in [4.69, 9.17) is 9.47 Å². The molecule has 28 heavy (non-hydrogen) atoms. The summed E-state index contributed by atoms with van der Waals surface area (Å²) in [6.45, 7) is 0.243. The number of amides is 1. The van der Waals surface area contributed by atoms with Crippen LogP contribution in [0.2, 0.25) is 0 Å².